The van der Waals surface area contributed by atoms with Crippen molar-refractivity contribution in [2.45, 2.75) is 56.5 Å². The minimum atomic E-state index is -0.225. The molecule has 1 saturated carbocycles. The lowest BCUT2D eigenvalue weighted by molar-refractivity contribution is -0.0246. The summed E-state index contributed by atoms with van der Waals surface area (Å²) in [5.74, 6) is 0.730. The highest BCUT2D eigenvalue weighted by molar-refractivity contribution is 5.27. The van der Waals surface area contributed by atoms with Crippen LogP contribution in [-0.4, -0.2) is 24.4 Å². The summed E-state index contributed by atoms with van der Waals surface area (Å²) in [6, 6.07) is 10.6. The Labute approximate surface area is 122 Å². The van der Waals surface area contributed by atoms with Crippen molar-refractivity contribution in [3.63, 3.8) is 0 Å². The van der Waals surface area contributed by atoms with E-state index >= 15 is 0 Å². The second-order valence-corrected chi connectivity index (χ2v) is 6.54. The lowest BCUT2D eigenvalue weighted by Gasteiger charge is -2.42. The van der Waals surface area contributed by atoms with E-state index in [0.717, 1.165) is 38.4 Å². The molecule has 1 aromatic carbocycles. The van der Waals surface area contributed by atoms with Gasteiger partial charge in [-0.3, -0.25) is 0 Å². The molecule has 0 radical (unpaired) electrons. The number of ether oxygens (including phenoxy) is 1. The molecule has 2 fully saturated rings. The first kappa shape index (κ1) is 14.1. The fraction of sp³-hybridized carbons (Fsp3) is 0.667. The summed E-state index contributed by atoms with van der Waals surface area (Å²) in [5.41, 5.74) is 1.22. The summed E-state index contributed by atoms with van der Waals surface area (Å²) in [5, 5.41) is 11.0. The molecule has 20 heavy (non-hydrogen) atoms. The normalized spacial score (nSPS) is 24.6. The molecule has 1 unspecified atom stereocenters. The molecule has 1 N–H and O–H groups in total. The zero-order valence-corrected chi connectivity index (χ0v) is 12.3. The van der Waals surface area contributed by atoms with Crippen LogP contribution in [0.4, 0.5) is 0 Å². The van der Waals surface area contributed by atoms with Crippen molar-refractivity contribution in [1.29, 1.82) is 0 Å². The van der Waals surface area contributed by atoms with Crippen molar-refractivity contribution < 1.29 is 9.84 Å². The standard InChI is InChI=1S/C18H26O2/c19-17(14-15-6-4-5-7-15)18(10-12-20-13-11-18)16-8-2-1-3-9-16/h1-3,8-9,15,17,19H,4-7,10-14H2. The Morgan fingerprint density at radius 2 is 1.75 bits per heavy atom. The second kappa shape index (κ2) is 6.28. The van der Waals surface area contributed by atoms with Gasteiger partial charge in [-0.1, -0.05) is 56.0 Å². The van der Waals surface area contributed by atoms with Crippen LogP contribution in [0.25, 0.3) is 0 Å². The first-order valence-corrected chi connectivity index (χ1v) is 8.13. The van der Waals surface area contributed by atoms with Gasteiger partial charge in [0.15, 0.2) is 0 Å². The Bertz CT molecular complexity index is 403. The molecular formula is C18H26O2. The molecule has 1 aliphatic carbocycles. The Morgan fingerprint density at radius 3 is 2.40 bits per heavy atom. The van der Waals surface area contributed by atoms with E-state index in [1.807, 2.05) is 0 Å². The third-order valence-corrected chi connectivity index (χ3v) is 5.40. The van der Waals surface area contributed by atoms with Gasteiger partial charge in [-0.2, -0.15) is 0 Å². The summed E-state index contributed by atoms with van der Waals surface area (Å²) in [6.07, 6.45) is 7.94. The highest BCUT2D eigenvalue weighted by atomic mass is 16.5. The van der Waals surface area contributed by atoms with E-state index in [1.165, 1.54) is 31.2 Å². The van der Waals surface area contributed by atoms with E-state index < -0.39 is 0 Å². The van der Waals surface area contributed by atoms with E-state index in [0.29, 0.717) is 0 Å². The maximum atomic E-state index is 11.0. The van der Waals surface area contributed by atoms with Crippen molar-refractivity contribution in [2.24, 2.45) is 5.92 Å². The summed E-state index contributed by atoms with van der Waals surface area (Å²) in [6.45, 7) is 1.55. The van der Waals surface area contributed by atoms with Gasteiger partial charge in [-0.25, -0.2) is 0 Å². The van der Waals surface area contributed by atoms with Gasteiger partial charge in [0, 0.05) is 18.6 Å². The molecule has 2 nitrogen and oxygen atoms in total. The Morgan fingerprint density at radius 1 is 1.10 bits per heavy atom. The maximum Gasteiger partial charge on any atom is 0.0641 e. The molecule has 110 valence electrons. The number of rotatable bonds is 4. The zero-order valence-electron chi connectivity index (χ0n) is 12.3. The topological polar surface area (TPSA) is 29.5 Å². The maximum absolute atomic E-state index is 11.0. The van der Waals surface area contributed by atoms with Crippen LogP contribution in [0.2, 0.25) is 0 Å². The predicted octanol–water partition coefficient (Wildman–Crippen LogP) is 3.68. The number of aliphatic hydroxyl groups is 1. The first-order chi connectivity index (χ1) is 9.81. The number of aliphatic hydroxyl groups excluding tert-OH is 1. The predicted molar refractivity (Wildman–Crippen MR) is 80.8 cm³/mol. The van der Waals surface area contributed by atoms with Crippen molar-refractivity contribution >= 4 is 0 Å². The number of hydrogen-bond donors (Lipinski definition) is 1. The Hall–Kier alpha value is -0.860. The van der Waals surface area contributed by atoms with E-state index in [-0.39, 0.29) is 11.5 Å². The highest BCUT2D eigenvalue weighted by Gasteiger charge is 2.41. The van der Waals surface area contributed by atoms with Gasteiger partial charge in [0.2, 0.25) is 0 Å². The minimum Gasteiger partial charge on any atom is -0.392 e. The van der Waals surface area contributed by atoms with Crippen LogP contribution in [0.1, 0.15) is 50.5 Å². The van der Waals surface area contributed by atoms with Crippen molar-refractivity contribution in [1.82, 2.24) is 0 Å². The fourth-order valence-corrected chi connectivity index (χ4v) is 4.11. The van der Waals surface area contributed by atoms with Crippen LogP contribution in [0, 0.1) is 5.92 Å². The zero-order chi connectivity index (χ0) is 13.8. The van der Waals surface area contributed by atoms with Crippen LogP contribution < -0.4 is 0 Å². The summed E-state index contributed by atoms with van der Waals surface area (Å²) >= 11 is 0. The molecule has 1 aliphatic heterocycles. The smallest absolute Gasteiger partial charge is 0.0641 e. The van der Waals surface area contributed by atoms with Gasteiger partial charge >= 0.3 is 0 Å². The SMILES string of the molecule is OC(CC1CCCC1)C1(c2ccccc2)CCOCC1. The molecule has 1 aromatic rings. The molecule has 0 spiro atoms. The fourth-order valence-electron chi connectivity index (χ4n) is 4.11. The van der Waals surface area contributed by atoms with Crippen LogP contribution >= 0.6 is 0 Å². The molecule has 0 bridgehead atoms. The monoisotopic (exact) mass is 274 g/mol. The molecule has 1 heterocycles. The van der Waals surface area contributed by atoms with Gasteiger partial charge in [-0.05, 0) is 30.7 Å². The van der Waals surface area contributed by atoms with Crippen LogP contribution in [-0.2, 0) is 10.2 Å². The molecule has 0 amide bonds. The van der Waals surface area contributed by atoms with E-state index in [1.54, 1.807) is 0 Å². The van der Waals surface area contributed by atoms with E-state index in [9.17, 15) is 5.11 Å². The van der Waals surface area contributed by atoms with E-state index in [2.05, 4.69) is 30.3 Å². The minimum absolute atomic E-state index is 0.0813. The van der Waals surface area contributed by atoms with E-state index in [4.69, 9.17) is 4.74 Å². The lowest BCUT2D eigenvalue weighted by Crippen LogP contribution is -2.45. The quantitative estimate of drug-likeness (QED) is 0.907. The molecule has 2 heteroatoms. The average Bonchev–Trinajstić information content (AvgIpc) is 3.02. The van der Waals surface area contributed by atoms with Crippen LogP contribution in [0.3, 0.4) is 0 Å². The average molecular weight is 274 g/mol. The second-order valence-electron chi connectivity index (χ2n) is 6.54. The third kappa shape index (κ3) is 2.77. The van der Waals surface area contributed by atoms with Crippen LogP contribution in [0.15, 0.2) is 30.3 Å². The van der Waals surface area contributed by atoms with Crippen LogP contribution in [0.5, 0.6) is 0 Å². The van der Waals surface area contributed by atoms with Crippen molar-refractivity contribution in [3.05, 3.63) is 35.9 Å². The number of hydrogen-bond acceptors (Lipinski definition) is 2. The Kier molecular flexibility index (Phi) is 4.42. The molecule has 3 rings (SSSR count). The molecule has 2 aliphatic rings. The van der Waals surface area contributed by atoms with Gasteiger partial charge in [0.25, 0.3) is 0 Å². The molecule has 0 aromatic heterocycles. The molecule has 1 atom stereocenters. The third-order valence-electron chi connectivity index (χ3n) is 5.40. The van der Waals surface area contributed by atoms with Gasteiger partial charge in [0.05, 0.1) is 6.10 Å². The first-order valence-electron chi connectivity index (χ1n) is 8.13. The van der Waals surface area contributed by atoms with Crippen molar-refractivity contribution in [2.75, 3.05) is 13.2 Å². The summed E-state index contributed by atoms with van der Waals surface area (Å²) in [7, 11) is 0. The largest absolute Gasteiger partial charge is 0.392 e. The lowest BCUT2D eigenvalue weighted by atomic mass is 9.68. The van der Waals surface area contributed by atoms with Gasteiger partial charge in [0.1, 0.15) is 0 Å². The molecular weight excluding hydrogens is 248 g/mol. The van der Waals surface area contributed by atoms with Gasteiger partial charge in [-0.15, -0.1) is 0 Å². The Balaban J connectivity index is 1.81. The molecule has 1 saturated heterocycles. The van der Waals surface area contributed by atoms with Crippen molar-refractivity contribution in [3.8, 4) is 0 Å². The number of benzene rings is 1. The summed E-state index contributed by atoms with van der Waals surface area (Å²) in [4.78, 5) is 0. The summed E-state index contributed by atoms with van der Waals surface area (Å²) < 4.78 is 5.56. The highest BCUT2D eigenvalue weighted by Crippen LogP contribution is 2.42. The van der Waals surface area contributed by atoms with Gasteiger partial charge < -0.3 is 9.84 Å².